The van der Waals surface area contributed by atoms with Crippen molar-refractivity contribution in [2.75, 3.05) is 48.8 Å². The Morgan fingerprint density at radius 1 is 0.767 bits per heavy atom. The number of amides is 4. The van der Waals surface area contributed by atoms with Crippen molar-refractivity contribution in [1.29, 1.82) is 0 Å². The highest BCUT2D eigenvalue weighted by molar-refractivity contribution is 6.34. The Labute approximate surface area is 256 Å². The summed E-state index contributed by atoms with van der Waals surface area (Å²) in [6, 6.07) is 29.5. The molecule has 1 fully saturated rings. The average Bonchev–Trinajstić information content (AvgIpc) is 3.02. The Hall–Kier alpha value is -4.82. The Morgan fingerprint density at radius 2 is 1.42 bits per heavy atom. The van der Waals surface area contributed by atoms with Crippen LogP contribution in [0.2, 0.25) is 5.02 Å². The lowest BCUT2D eigenvalue weighted by molar-refractivity contribution is 0.0785. The van der Waals surface area contributed by atoms with Gasteiger partial charge in [0.2, 0.25) is 0 Å². The Morgan fingerprint density at radius 3 is 2.12 bits per heavy atom. The number of anilines is 3. The first-order chi connectivity index (χ1) is 20.8. The van der Waals surface area contributed by atoms with Crippen LogP contribution in [0.4, 0.5) is 21.9 Å². The highest BCUT2D eigenvalue weighted by Gasteiger charge is 2.26. The van der Waals surface area contributed by atoms with Gasteiger partial charge in [-0.05, 0) is 55.0 Å². The third-order valence-electron chi connectivity index (χ3n) is 7.42. The molecule has 8 nitrogen and oxygen atoms in total. The lowest BCUT2D eigenvalue weighted by Gasteiger charge is -2.37. The molecule has 220 valence electrons. The zero-order valence-electron chi connectivity index (χ0n) is 24.2. The molecule has 4 amide bonds. The molecular formula is C34H34ClN5O3. The zero-order valence-corrected chi connectivity index (χ0v) is 25.0. The van der Waals surface area contributed by atoms with E-state index in [1.54, 1.807) is 53.2 Å². The monoisotopic (exact) mass is 595 g/mol. The first kappa shape index (κ1) is 29.7. The average molecular weight is 596 g/mol. The fourth-order valence-corrected chi connectivity index (χ4v) is 5.25. The summed E-state index contributed by atoms with van der Waals surface area (Å²) >= 11 is 6.24. The van der Waals surface area contributed by atoms with Crippen LogP contribution in [0.3, 0.4) is 0 Å². The SMILES string of the molecule is Cc1ccc(NC(=O)N2CCN(c3ccc(NC(=O)c4ccccc4Cl)cc3C(=O)N(C)Cc3ccccc3)CC2)cc1. The van der Waals surface area contributed by atoms with Gasteiger partial charge in [-0.25, -0.2) is 4.79 Å². The number of hydrogen-bond acceptors (Lipinski definition) is 4. The maximum absolute atomic E-state index is 13.9. The van der Waals surface area contributed by atoms with Crippen molar-refractivity contribution in [1.82, 2.24) is 9.80 Å². The van der Waals surface area contributed by atoms with Gasteiger partial charge in [0, 0.05) is 56.8 Å². The van der Waals surface area contributed by atoms with E-state index in [0.29, 0.717) is 54.6 Å². The van der Waals surface area contributed by atoms with Crippen molar-refractivity contribution in [3.05, 3.63) is 124 Å². The van der Waals surface area contributed by atoms with Crippen LogP contribution in [0.25, 0.3) is 0 Å². The third-order valence-corrected chi connectivity index (χ3v) is 7.75. The lowest BCUT2D eigenvalue weighted by Crippen LogP contribution is -2.50. The number of hydrogen-bond donors (Lipinski definition) is 2. The van der Waals surface area contributed by atoms with E-state index in [1.165, 1.54) is 0 Å². The summed E-state index contributed by atoms with van der Waals surface area (Å²) in [4.78, 5) is 45.3. The van der Waals surface area contributed by atoms with Crippen LogP contribution in [0.1, 0.15) is 31.8 Å². The van der Waals surface area contributed by atoms with Crippen molar-refractivity contribution >= 4 is 46.5 Å². The van der Waals surface area contributed by atoms with Gasteiger partial charge < -0.3 is 25.3 Å². The van der Waals surface area contributed by atoms with Crippen molar-refractivity contribution in [2.24, 2.45) is 0 Å². The quantitative estimate of drug-likeness (QED) is 0.254. The van der Waals surface area contributed by atoms with Crippen LogP contribution in [-0.2, 0) is 6.54 Å². The summed E-state index contributed by atoms with van der Waals surface area (Å²) in [5.41, 5.74) is 4.94. The number of aryl methyl sites for hydroxylation is 1. The van der Waals surface area contributed by atoms with E-state index in [-0.39, 0.29) is 17.8 Å². The predicted octanol–water partition coefficient (Wildman–Crippen LogP) is 6.53. The van der Waals surface area contributed by atoms with Gasteiger partial charge in [-0.1, -0.05) is 71.8 Å². The smallest absolute Gasteiger partial charge is 0.321 e. The molecule has 1 aliphatic rings. The number of urea groups is 1. The van der Waals surface area contributed by atoms with Crippen LogP contribution in [0.15, 0.2) is 97.1 Å². The highest BCUT2D eigenvalue weighted by Crippen LogP contribution is 2.28. The van der Waals surface area contributed by atoms with Crippen molar-refractivity contribution in [3.8, 4) is 0 Å². The number of carbonyl (C=O) groups is 3. The summed E-state index contributed by atoms with van der Waals surface area (Å²) in [6.45, 7) is 4.53. The molecule has 4 aromatic rings. The minimum atomic E-state index is -0.359. The molecule has 43 heavy (non-hydrogen) atoms. The first-order valence-electron chi connectivity index (χ1n) is 14.2. The number of halogens is 1. The Kier molecular flexibility index (Phi) is 9.27. The fourth-order valence-electron chi connectivity index (χ4n) is 5.03. The molecular weight excluding hydrogens is 562 g/mol. The van der Waals surface area contributed by atoms with Gasteiger partial charge in [0.25, 0.3) is 11.8 Å². The van der Waals surface area contributed by atoms with Gasteiger partial charge in [0.05, 0.1) is 16.1 Å². The maximum atomic E-state index is 13.9. The molecule has 1 aliphatic heterocycles. The van der Waals surface area contributed by atoms with Gasteiger partial charge >= 0.3 is 6.03 Å². The second-order valence-corrected chi connectivity index (χ2v) is 11.0. The van der Waals surface area contributed by atoms with E-state index >= 15 is 0 Å². The molecule has 5 rings (SSSR count). The molecule has 0 unspecified atom stereocenters. The molecule has 0 spiro atoms. The molecule has 1 saturated heterocycles. The van der Waals surface area contributed by atoms with E-state index < -0.39 is 0 Å². The zero-order chi connectivity index (χ0) is 30.3. The van der Waals surface area contributed by atoms with Crippen LogP contribution < -0.4 is 15.5 Å². The van der Waals surface area contributed by atoms with E-state index in [4.69, 9.17) is 11.6 Å². The second kappa shape index (κ2) is 13.4. The molecule has 0 saturated carbocycles. The fraction of sp³-hybridized carbons (Fsp3) is 0.206. The minimum absolute atomic E-state index is 0.153. The topological polar surface area (TPSA) is 85.0 Å². The highest BCUT2D eigenvalue weighted by atomic mass is 35.5. The Bertz CT molecular complexity index is 1600. The van der Waals surface area contributed by atoms with Crippen molar-refractivity contribution in [3.63, 3.8) is 0 Å². The van der Waals surface area contributed by atoms with Crippen molar-refractivity contribution in [2.45, 2.75) is 13.5 Å². The Balaban J connectivity index is 1.34. The second-order valence-electron chi connectivity index (χ2n) is 10.6. The number of benzene rings is 4. The van der Waals surface area contributed by atoms with Crippen LogP contribution >= 0.6 is 11.6 Å². The first-order valence-corrected chi connectivity index (χ1v) is 14.5. The summed E-state index contributed by atoms with van der Waals surface area (Å²) in [5.74, 6) is -0.533. The molecule has 1 heterocycles. The molecule has 9 heteroatoms. The molecule has 0 bridgehead atoms. The largest absolute Gasteiger partial charge is 0.367 e. The summed E-state index contributed by atoms with van der Waals surface area (Å²) < 4.78 is 0. The van der Waals surface area contributed by atoms with Gasteiger partial charge in [-0.15, -0.1) is 0 Å². The number of nitrogens with one attached hydrogen (secondary N) is 2. The van der Waals surface area contributed by atoms with Crippen LogP contribution in [-0.4, -0.2) is 60.9 Å². The lowest BCUT2D eigenvalue weighted by atomic mass is 10.1. The van der Waals surface area contributed by atoms with E-state index in [2.05, 4.69) is 15.5 Å². The maximum Gasteiger partial charge on any atom is 0.321 e. The molecule has 0 radical (unpaired) electrons. The minimum Gasteiger partial charge on any atom is -0.367 e. The summed E-state index contributed by atoms with van der Waals surface area (Å²) in [7, 11) is 1.77. The van der Waals surface area contributed by atoms with Crippen molar-refractivity contribution < 1.29 is 14.4 Å². The number of rotatable bonds is 7. The normalized spacial score (nSPS) is 12.9. The molecule has 0 atom stereocenters. The van der Waals surface area contributed by atoms with Gasteiger partial charge in [-0.3, -0.25) is 9.59 Å². The van der Waals surface area contributed by atoms with E-state index in [1.807, 2.05) is 67.6 Å². The number of carbonyl (C=O) groups excluding carboxylic acids is 3. The molecule has 0 aliphatic carbocycles. The number of nitrogens with zero attached hydrogens (tertiary/aromatic N) is 3. The summed E-state index contributed by atoms with van der Waals surface area (Å²) in [5, 5.41) is 6.20. The molecule has 0 aromatic heterocycles. The summed E-state index contributed by atoms with van der Waals surface area (Å²) in [6.07, 6.45) is 0. The predicted molar refractivity (Wildman–Crippen MR) is 172 cm³/mol. The standard InChI is InChI=1S/C34H34ClN5O3/c1-24-12-14-26(15-13-24)37-34(43)40-20-18-39(19-21-40)31-17-16-27(36-32(41)28-10-6-7-11-30(28)35)22-29(31)33(42)38(2)23-25-8-4-3-5-9-25/h3-17,22H,18-21,23H2,1-2H3,(H,36,41)(H,37,43). The van der Waals surface area contributed by atoms with Crippen LogP contribution in [0, 0.1) is 6.92 Å². The van der Waals surface area contributed by atoms with Gasteiger partial charge in [0.1, 0.15) is 0 Å². The van der Waals surface area contributed by atoms with Crippen LogP contribution in [0.5, 0.6) is 0 Å². The molecule has 4 aromatic carbocycles. The third kappa shape index (κ3) is 7.34. The van der Waals surface area contributed by atoms with E-state index in [9.17, 15) is 14.4 Å². The van der Waals surface area contributed by atoms with E-state index in [0.717, 1.165) is 22.5 Å². The number of piperazine rings is 1. The van der Waals surface area contributed by atoms with Gasteiger partial charge in [-0.2, -0.15) is 0 Å². The van der Waals surface area contributed by atoms with Gasteiger partial charge in [0.15, 0.2) is 0 Å². The molecule has 2 N–H and O–H groups in total.